The molecule has 0 radical (unpaired) electrons. The Labute approximate surface area is 95.2 Å². The van der Waals surface area contributed by atoms with Crippen molar-refractivity contribution in [1.82, 2.24) is 0 Å². The number of aliphatic imine (C=N–C) groups is 1. The van der Waals surface area contributed by atoms with Crippen LogP contribution in [-0.2, 0) is 10.3 Å². The Balaban J connectivity index is 2.35. The summed E-state index contributed by atoms with van der Waals surface area (Å²) in [5.74, 6) is 0.826. The van der Waals surface area contributed by atoms with Crippen LogP contribution >= 0.6 is 0 Å². The second-order valence-corrected chi connectivity index (χ2v) is 4.17. The molecule has 0 amide bonds. The molecule has 0 N–H and O–H groups in total. The Hall–Kier alpha value is -1.60. The predicted octanol–water partition coefficient (Wildman–Crippen LogP) is 2.80. The molecule has 2 rings (SSSR count). The average molecular weight is 217 g/mol. The van der Waals surface area contributed by atoms with E-state index in [2.05, 4.69) is 4.99 Å². The van der Waals surface area contributed by atoms with E-state index in [1.807, 2.05) is 24.3 Å². The molecule has 1 aromatic carbocycles. The van der Waals surface area contributed by atoms with Gasteiger partial charge < -0.3 is 4.74 Å². The van der Waals surface area contributed by atoms with Gasteiger partial charge in [0.1, 0.15) is 5.75 Å². The lowest BCUT2D eigenvalue weighted by molar-refractivity contribution is 0.412. The van der Waals surface area contributed by atoms with E-state index >= 15 is 0 Å². The molecule has 0 atom stereocenters. The first-order chi connectivity index (χ1) is 7.80. The molecule has 0 heterocycles. The van der Waals surface area contributed by atoms with E-state index in [1.165, 1.54) is 0 Å². The number of hydrogen-bond donors (Lipinski definition) is 0. The van der Waals surface area contributed by atoms with E-state index in [0.29, 0.717) is 0 Å². The summed E-state index contributed by atoms with van der Waals surface area (Å²) in [5.41, 5.74) is 0.766. The second kappa shape index (κ2) is 4.50. The lowest BCUT2D eigenvalue weighted by Gasteiger charge is -2.22. The number of isocyanates is 1. The summed E-state index contributed by atoms with van der Waals surface area (Å²) < 4.78 is 5.12. The predicted molar refractivity (Wildman–Crippen MR) is 61.3 cm³/mol. The van der Waals surface area contributed by atoms with E-state index in [4.69, 9.17) is 4.74 Å². The Morgan fingerprint density at radius 1 is 1.25 bits per heavy atom. The summed E-state index contributed by atoms with van der Waals surface area (Å²) in [6.45, 7) is 0. The molecule has 0 unspecified atom stereocenters. The van der Waals surface area contributed by atoms with Crippen LogP contribution in [0.4, 0.5) is 0 Å². The molecule has 3 nitrogen and oxygen atoms in total. The summed E-state index contributed by atoms with van der Waals surface area (Å²) >= 11 is 0. The SMILES string of the molecule is COc1ccc(C2(N=C=O)CCCC2)cc1. The first-order valence-electron chi connectivity index (χ1n) is 5.54. The molecule has 84 valence electrons. The lowest BCUT2D eigenvalue weighted by atomic mass is 9.89. The molecular weight excluding hydrogens is 202 g/mol. The summed E-state index contributed by atoms with van der Waals surface area (Å²) in [7, 11) is 1.64. The zero-order valence-corrected chi connectivity index (χ0v) is 9.40. The second-order valence-electron chi connectivity index (χ2n) is 4.17. The van der Waals surface area contributed by atoms with Gasteiger partial charge in [0, 0.05) is 0 Å². The number of carbonyl (C=O) groups excluding carboxylic acids is 1. The Bertz CT molecular complexity index is 398. The fraction of sp³-hybridized carbons (Fsp3) is 0.462. The molecular formula is C13H15NO2. The molecule has 0 aliphatic heterocycles. The van der Waals surface area contributed by atoms with Crippen molar-refractivity contribution >= 4 is 6.08 Å². The van der Waals surface area contributed by atoms with Crippen molar-refractivity contribution in [3.05, 3.63) is 29.8 Å². The van der Waals surface area contributed by atoms with Crippen molar-refractivity contribution in [3.8, 4) is 5.75 Å². The van der Waals surface area contributed by atoms with Crippen LogP contribution in [0, 0.1) is 0 Å². The Kier molecular flexibility index (Phi) is 3.07. The van der Waals surface area contributed by atoms with Crippen molar-refractivity contribution in [2.45, 2.75) is 31.2 Å². The van der Waals surface area contributed by atoms with Crippen LogP contribution in [0.2, 0.25) is 0 Å². The Morgan fingerprint density at radius 2 is 1.88 bits per heavy atom. The van der Waals surface area contributed by atoms with Crippen LogP contribution in [0.1, 0.15) is 31.2 Å². The summed E-state index contributed by atoms with van der Waals surface area (Å²) in [6, 6.07) is 7.81. The van der Waals surface area contributed by atoms with Gasteiger partial charge in [-0.05, 0) is 30.5 Å². The molecule has 1 aliphatic carbocycles. The van der Waals surface area contributed by atoms with Crippen LogP contribution in [-0.4, -0.2) is 13.2 Å². The third kappa shape index (κ3) is 1.86. The first kappa shape index (κ1) is 10.9. The molecule has 0 spiro atoms. The third-order valence-corrected chi connectivity index (χ3v) is 3.32. The minimum absolute atomic E-state index is 0.325. The van der Waals surface area contributed by atoms with Crippen LogP contribution in [0.3, 0.4) is 0 Å². The molecule has 16 heavy (non-hydrogen) atoms. The third-order valence-electron chi connectivity index (χ3n) is 3.32. The first-order valence-corrected chi connectivity index (χ1v) is 5.54. The largest absolute Gasteiger partial charge is 0.497 e. The van der Waals surface area contributed by atoms with Crippen molar-refractivity contribution in [2.75, 3.05) is 7.11 Å². The quantitative estimate of drug-likeness (QED) is 0.576. The maximum Gasteiger partial charge on any atom is 0.235 e. The van der Waals surface area contributed by atoms with E-state index in [-0.39, 0.29) is 5.54 Å². The van der Waals surface area contributed by atoms with Crippen molar-refractivity contribution in [2.24, 2.45) is 4.99 Å². The van der Waals surface area contributed by atoms with Gasteiger partial charge in [-0.1, -0.05) is 25.0 Å². The molecule has 0 aromatic heterocycles. The van der Waals surface area contributed by atoms with Gasteiger partial charge in [-0.2, -0.15) is 4.99 Å². The summed E-state index contributed by atoms with van der Waals surface area (Å²) in [4.78, 5) is 14.6. The van der Waals surface area contributed by atoms with Crippen LogP contribution in [0.5, 0.6) is 5.75 Å². The van der Waals surface area contributed by atoms with E-state index in [1.54, 1.807) is 13.2 Å². The summed E-state index contributed by atoms with van der Waals surface area (Å²) in [6.07, 6.45) is 5.84. The number of ether oxygens (including phenoxy) is 1. The van der Waals surface area contributed by atoms with Crippen molar-refractivity contribution < 1.29 is 9.53 Å². The van der Waals surface area contributed by atoms with Gasteiger partial charge in [0.15, 0.2) is 0 Å². The topological polar surface area (TPSA) is 38.7 Å². The Morgan fingerprint density at radius 3 is 2.38 bits per heavy atom. The van der Waals surface area contributed by atoms with E-state index in [0.717, 1.165) is 37.0 Å². The number of nitrogens with zero attached hydrogens (tertiary/aromatic N) is 1. The fourth-order valence-corrected chi connectivity index (χ4v) is 2.41. The molecule has 1 fully saturated rings. The minimum Gasteiger partial charge on any atom is -0.497 e. The number of benzene rings is 1. The monoisotopic (exact) mass is 217 g/mol. The number of rotatable bonds is 3. The van der Waals surface area contributed by atoms with Crippen molar-refractivity contribution in [1.29, 1.82) is 0 Å². The summed E-state index contributed by atoms with van der Waals surface area (Å²) in [5, 5.41) is 0. The molecule has 0 saturated heterocycles. The average Bonchev–Trinajstić information content (AvgIpc) is 2.80. The van der Waals surface area contributed by atoms with E-state index in [9.17, 15) is 4.79 Å². The highest BCUT2D eigenvalue weighted by Crippen LogP contribution is 2.42. The normalized spacial score (nSPS) is 17.8. The smallest absolute Gasteiger partial charge is 0.235 e. The zero-order valence-electron chi connectivity index (χ0n) is 9.40. The number of methoxy groups -OCH3 is 1. The van der Waals surface area contributed by atoms with Crippen LogP contribution in [0.15, 0.2) is 29.3 Å². The van der Waals surface area contributed by atoms with Gasteiger partial charge in [0.05, 0.1) is 12.6 Å². The van der Waals surface area contributed by atoms with Gasteiger partial charge >= 0.3 is 0 Å². The highest BCUT2D eigenvalue weighted by atomic mass is 16.5. The van der Waals surface area contributed by atoms with Gasteiger partial charge in [0.25, 0.3) is 0 Å². The van der Waals surface area contributed by atoms with Gasteiger partial charge in [-0.25, -0.2) is 4.79 Å². The minimum atomic E-state index is -0.325. The maximum absolute atomic E-state index is 10.5. The molecule has 3 heteroatoms. The lowest BCUT2D eigenvalue weighted by Crippen LogP contribution is -2.18. The standard InChI is InChI=1S/C13H15NO2/c1-16-12-6-4-11(5-7-12)13(14-10-15)8-2-3-9-13/h4-7H,2-3,8-9H2,1H3. The molecule has 1 aromatic rings. The maximum atomic E-state index is 10.5. The van der Waals surface area contributed by atoms with Gasteiger partial charge in [-0.15, -0.1) is 0 Å². The van der Waals surface area contributed by atoms with Crippen LogP contribution < -0.4 is 4.74 Å². The molecule has 0 bridgehead atoms. The molecule has 1 saturated carbocycles. The zero-order chi connectivity index (χ0) is 11.4. The molecule has 1 aliphatic rings. The number of hydrogen-bond acceptors (Lipinski definition) is 3. The van der Waals surface area contributed by atoms with E-state index < -0.39 is 0 Å². The van der Waals surface area contributed by atoms with Crippen molar-refractivity contribution in [3.63, 3.8) is 0 Å². The highest BCUT2D eigenvalue weighted by molar-refractivity contribution is 5.40. The van der Waals surface area contributed by atoms with Crippen LogP contribution in [0.25, 0.3) is 0 Å². The highest BCUT2D eigenvalue weighted by Gasteiger charge is 2.35. The van der Waals surface area contributed by atoms with Gasteiger partial charge in [0.2, 0.25) is 6.08 Å². The van der Waals surface area contributed by atoms with Gasteiger partial charge in [-0.3, -0.25) is 0 Å². The fourth-order valence-electron chi connectivity index (χ4n) is 2.41.